The first-order chi connectivity index (χ1) is 17.7. The van der Waals surface area contributed by atoms with Gasteiger partial charge in [-0.15, -0.1) is 18.3 Å². The molecule has 0 aliphatic heterocycles. The first-order valence-electron chi connectivity index (χ1n) is 11.3. The number of aromatic nitrogens is 3. The minimum Gasteiger partial charge on any atom is -0.406 e. The fourth-order valence-corrected chi connectivity index (χ4v) is 3.91. The van der Waals surface area contributed by atoms with Gasteiger partial charge in [0.2, 0.25) is 0 Å². The van der Waals surface area contributed by atoms with E-state index in [0.717, 1.165) is 12.8 Å². The Balaban J connectivity index is 1.32. The Morgan fingerprint density at radius 2 is 1.89 bits per heavy atom. The summed E-state index contributed by atoms with van der Waals surface area (Å²) in [5.41, 5.74) is 2.95. The van der Waals surface area contributed by atoms with Gasteiger partial charge in [0.15, 0.2) is 10.9 Å². The zero-order valence-electron chi connectivity index (χ0n) is 19.6. The predicted octanol–water partition coefficient (Wildman–Crippen LogP) is 5.49. The van der Waals surface area contributed by atoms with Gasteiger partial charge in [0.05, 0.1) is 11.7 Å². The van der Waals surface area contributed by atoms with Gasteiger partial charge in [-0.05, 0) is 79.2 Å². The van der Waals surface area contributed by atoms with Crippen molar-refractivity contribution in [2.24, 2.45) is 0 Å². The zero-order valence-corrected chi connectivity index (χ0v) is 20.4. The van der Waals surface area contributed by atoms with Gasteiger partial charge in [0, 0.05) is 11.3 Å². The van der Waals surface area contributed by atoms with Gasteiger partial charge in [-0.1, -0.05) is 25.2 Å². The smallest absolute Gasteiger partial charge is 0.406 e. The maximum absolute atomic E-state index is 12.4. The highest BCUT2D eigenvalue weighted by atomic mass is 32.1. The number of hydrogen-bond donors (Lipinski definition) is 3. The molecule has 0 radical (unpaired) electrons. The van der Waals surface area contributed by atoms with Crippen LogP contribution >= 0.6 is 12.2 Å². The molecule has 1 atom stereocenters. The van der Waals surface area contributed by atoms with E-state index in [1.165, 1.54) is 40.8 Å². The second-order valence-corrected chi connectivity index (χ2v) is 8.40. The largest absolute Gasteiger partial charge is 0.573 e. The summed E-state index contributed by atoms with van der Waals surface area (Å²) in [4.78, 5) is 16.6. The minimum absolute atomic E-state index is 0.0561. The van der Waals surface area contributed by atoms with Crippen molar-refractivity contribution in [1.82, 2.24) is 25.4 Å². The van der Waals surface area contributed by atoms with Crippen molar-refractivity contribution in [3.63, 3.8) is 0 Å². The molecule has 4 rings (SSSR count). The molecule has 0 spiro atoms. The standard InChI is InChI=1S/C25H23F3N6O2S/c1-2-16-5-3-4-6-21(16)31-24(37)32-23(35)30-18-9-7-17(8-10-18)22-29-15-34(33-22)19-11-13-20(14-12-19)36-25(26,27)28/h3-5,7-15,21H,2,6H2,1H3,(H3,30,31,32,35,37). The van der Waals surface area contributed by atoms with E-state index < -0.39 is 12.4 Å². The topological polar surface area (TPSA) is 93.1 Å². The summed E-state index contributed by atoms with van der Waals surface area (Å²) < 4.78 is 42.3. The summed E-state index contributed by atoms with van der Waals surface area (Å²) in [5, 5.41) is 13.1. The molecule has 8 nitrogen and oxygen atoms in total. The molecular weight excluding hydrogens is 505 g/mol. The molecule has 192 valence electrons. The number of urea groups is 1. The summed E-state index contributed by atoms with van der Waals surface area (Å²) in [5.74, 6) is 0.0762. The average molecular weight is 529 g/mol. The van der Waals surface area contributed by atoms with E-state index in [-0.39, 0.29) is 16.9 Å². The highest BCUT2D eigenvalue weighted by Gasteiger charge is 2.31. The number of carbonyl (C=O) groups excluding carboxylic acids is 1. The number of rotatable bonds is 6. The van der Waals surface area contributed by atoms with Crippen molar-refractivity contribution >= 4 is 29.0 Å². The molecule has 1 unspecified atom stereocenters. The third-order valence-electron chi connectivity index (χ3n) is 5.43. The van der Waals surface area contributed by atoms with Crippen molar-refractivity contribution < 1.29 is 22.7 Å². The predicted molar refractivity (Wildman–Crippen MR) is 137 cm³/mol. The maximum atomic E-state index is 12.4. The van der Waals surface area contributed by atoms with Crippen LogP contribution in [0.4, 0.5) is 23.7 Å². The van der Waals surface area contributed by atoms with E-state index in [1.54, 1.807) is 24.3 Å². The first kappa shape index (κ1) is 25.9. The summed E-state index contributed by atoms with van der Waals surface area (Å²) in [7, 11) is 0. The van der Waals surface area contributed by atoms with Crippen LogP contribution in [0.5, 0.6) is 5.75 Å². The summed E-state index contributed by atoms with van der Waals surface area (Å²) in [6.45, 7) is 2.07. The van der Waals surface area contributed by atoms with E-state index in [4.69, 9.17) is 12.2 Å². The number of anilines is 1. The van der Waals surface area contributed by atoms with Crippen molar-refractivity contribution in [2.45, 2.75) is 32.2 Å². The van der Waals surface area contributed by atoms with Gasteiger partial charge >= 0.3 is 12.4 Å². The quantitative estimate of drug-likeness (QED) is 0.366. The van der Waals surface area contributed by atoms with E-state index >= 15 is 0 Å². The van der Waals surface area contributed by atoms with Gasteiger partial charge in [-0.25, -0.2) is 14.5 Å². The Morgan fingerprint density at radius 1 is 1.16 bits per heavy atom. The van der Waals surface area contributed by atoms with Crippen molar-refractivity contribution in [3.05, 3.63) is 78.7 Å². The van der Waals surface area contributed by atoms with Crippen LogP contribution in [-0.4, -0.2) is 38.3 Å². The van der Waals surface area contributed by atoms with Crippen LogP contribution in [0.25, 0.3) is 17.1 Å². The molecule has 1 heterocycles. The SMILES string of the molecule is CCC1=CC=CCC1NC(=S)NC(=O)Nc1ccc(-c2ncn(-c3ccc(OC(F)(F)F)cc3)n2)cc1. The molecule has 1 aliphatic carbocycles. The molecule has 0 saturated heterocycles. The number of benzene rings is 2. The molecule has 12 heteroatoms. The lowest BCUT2D eigenvalue weighted by Crippen LogP contribution is -2.46. The van der Waals surface area contributed by atoms with Crippen LogP contribution in [0, 0.1) is 0 Å². The molecule has 37 heavy (non-hydrogen) atoms. The normalized spacial score (nSPS) is 15.0. The van der Waals surface area contributed by atoms with Crippen molar-refractivity contribution in [2.75, 3.05) is 5.32 Å². The number of halogens is 3. The summed E-state index contributed by atoms with van der Waals surface area (Å²) >= 11 is 5.28. The van der Waals surface area contributed by atoms with Crippen molar-refractivity contribution in [1.29, 1.82) is 0 Å². The van der Waals surface area contributed by atoms with Gasteiger partial charge in [-0.3, -0.25) is 5.32 Å². The van der Waals surface area contributed by atoms with E-state index in [1.807, 2.05) is 18.2 Å². The minimum atomic E-state index is -4.75. The zero-order chi connectivity index (χ0) is 26.4. The van der Waals surface area contributed by atoms with Gasteiger partial charge in [0.1, 0.15) is 12.1 Å². The van der Waals surface area contributed by atoms with E-state index in [9.17, 15) is 18.0 Å². The molecule has 2 amide bonds. The number of nitrogens with zero attached hydrogens (tertiary/aromatic N) is 3. The van der Waals surface area contributed by atoms with Crippen molar-refractivity contribution in [3.8, 4) is 22.8 Å². The molecule has 0 fully saturated rings. The van der Waals surface area contributed by atoms with Gasteiger partial charge in [0.25, 0.3) is 0 Å². The number of nitrogens with one attached hydrogen (secondary N) is 3. The molecular formula is C25H23F3N6O2S. The van der Waals surface area contributed by atoms with Crippen LogP contribution in [0.15, 0.2) is 78.7 Å². The number of hydrogen-bond acceptors (Lipinski definition) is 5. The van der Waals surface area contributed by atoms with Crippen LogP contribution in [-0.2, 0) is 0 Å². The van der Waals surface area contributed by atoms with Crippen LogP contribution in [0.2, 0.25) is 0 Å². The summed E-state index contributed by atoms with van der Waals surface area (Å²) in [6.07, 6.45) is 4.48. The molecule has 3 aromatic rings. The number of thiocarbonyl (C=S) groups is 1. The third kappa shape index (κ3) is 7.17. The Labute approximate surface area is 216 Å². The number of alkyl halides is 3. The lowest BCUT2D eigenvalue weighted by molar-refractivity contribution is -0.274. The molecule has 1 aromatic heterocycles. The van der Waals surface area contributed by atoms with Crippen LogP contribution < -0.4 is 20.7 Å². The number of allylic oxidation sites excluding steroid dienone is 2. The molecule has 3 N–H and O–H groups in total. The van der Waals surface area contributed by atoms with Crippen LogP contribution in [0.1, 0.15) is 19.8 Å². The second kappa shape index (κ2) is 11.2. The van der Waals surface area contributed by atoms with E-state index in [0.29, 0.717) is 22.8 Å². The van der Waals surface area contributed by atoms with Crippen LogP contribution in [0.3, 0.4) is 0 Å². The first-order valence-corrected chi connectivity index (χ1v) is 11.7. The molecule has 1 aliphatic rings. The third-order valence-corrected chi connectivity index (χ3v) is 5.65. The Bertz CT molecular complexity index is 1320. The molecule has 0 saturated carbocycles. The average Bonchev–Trinajstić information content (AvgIpc) is 3.34. The lowest BCUT2D eigenvalue weighted by atomic mass is 9.97. The Morgan fingerprint density at radius 3 is 2.57 bits per heavy atom. The maximum Gasteiger partial charge on any atom is 0.573 e. The number of amides is 2. The number of ether oxygens (including phenoxy) is 1. The van der Waals surface area contributed by atoms with Gasteiger partial charge in [-0.2, -0.15) is 0 Å². The highest BCUT2D eigenvalue weighted by Crippen LogP contribution is 2.24. The lowest BCUT2D eigenvalue weighted by Gasteiger charge is -2.23. The fraction of sp³-hybridized carbons (Fsp3) is 0.200. The summed E-state index contributed by atoms with van der Waals surface area (Å²) in [6, 6.07) is 11.7. The van der Waals surface area contributed by atoms with Gasteiger partial charge < -0.3 is 15.4 Å². The Kier molecular flexibility index (Phi) is 7.87. The molecule has 2 aromatic carbocycles. The second-order valence-electron chi connectivity index (χ2n) is 8.00. The van der Waals surface area contributed by atoms with E-state index in [2.05, 4.69) is 37.7 Å². The highest BCUT2D eigenvalue weighted by molar-refractivity contribution is 7.80. The monoisotopic (exact) mass is 528 g/mol. The number of carbonyl (C=O) groups is 1. The fourth-order valence-electron chi connectivity index (χ4n) is 3.67. The molecule has 0 bridgehead atoms. The Hall–Kier alpha value is -4.19.